The zero-order valence-electron chi connectivity index (χ0n) is 13.1. The van der Waals surface area contributed by atoms with Crippen LogP contribution in [0.3, 0.4) is 0 Å². The summed E-state index contributed by atoms with van der Waals surface area (Å²) >= 11 is 0. The molecule has 0 spiro atoms. The van der Waals surface area contributed by atoms with E-state index < -0.39 is 19.0 Å². The van der Waals surface area contributed by atoms with E-state index in [0.717, 1.165) is 25.7 Å². The van der Waals surface area contributed by atoms with Crippen molar-refractivity contribution in [2.24, 2.45) is 5.92 Å². The van der Waals surface area contributed by atoms with Crippen LogP contribution in [0.15, 0.2) is 18.3 Å². The fraction of sp³-hybridized carbons (Fsp3) is 0.600. The van der Waals surface area contributed by atoms with E-state index in [1.54, 1.807) is 0 Å². The fourth-order valence-corrected chi connectivity index (χ4v) is 2.31. The second kappa shape index (κ2) is 7.78. The molecule has 134 valence electrons. The first-order chi connectivity index (χ1) is 11.3. The minimum absolute atomic E-state index is 0.0411. The van der Waals surface area contributed by atoms with Gasteiger partial charge in [-0.3, -0.25) is 4.79 Å². The number of rotatable bonds is 6. The van der Waals surface area contributed by atoms with Crippen LogP contribution in [-0.2, 0) is 0 Å². The molecule has 1 amide bonds. The third-order valence-electron chi connectivity index (χ3n) is 3.83. The Morgan fingerprint density at radius 1 is 1.50 bits per heavy atom. The maximum absolute atomic E-state index is 12.8. The van der Waals surface area contributed by atoms with Crippen molar-refractivity contribution in [1.82, 2.24) is 15.6 Å². The summed E-state index contributed by atoms with van der Waals surface area (Å²) in [7, 11) is 0. The van der Waals surface area contributed by atoms with Gasteiger partial charge in [-0.25, -0.2) is 13.8 Å². The fourth-order valence-electron chi connectivity index (χ4n) is 2.31. The van der Waals surface area contributed by atoms with E-state index in [-0.39, 0.29) is 29.3 Å². The van der Waals surface area contributed by atoms with Crippen molar-refractivity contribution in [3.05, 3.63) is 23.9 Å². The number of alkyl halides is 4. The molecule has 0 bridgehead atoms. The third-order valence-corrected chi connectivity index (χ3v) is 3.83. The minimum Gasteiger partial charge on any atom is -0.471 e. The molecule has 5 nitrogen and oxygen atoms in total. The molecule has 0 saturated carbocycles. The summed E-state index contributed by atoms with van der Waals surface area (Å²) < 4.78 is 54.1. The first-order valence-electron chi connectivity index (χ1n) is 7.56. The number of piperidine rings is 1. The lowest BCUT2D eigenvalue weighted by atomic mass is 9.95. The highest BCUT2D eigenvalue weighted by Crippen LogP contribution is 2.23. The molecule has 0 aromatic carbocycles. The highest BCUT2D eigenvalue weighted by Gasteiger charge is 2.41. The van der Waals surface area contributed by atoms with Crippen molar-refractivity contribution < 1.29 is 27.1 Å². The van der Waals surface area contributed by atoms with E-state index in [4.69, 9.17) is 0 Å². The lowest BCUT2D eigenvalue weighted by Gasteiger charge is -2.30. The van der Waals surface area contributed by atoms with Crippen molar-refractivity contribution in [1.29, 1.82) is 0 Å². The van der Waals surface area contributed by atoms with Crippen LogP contribution in [0.2, 0.25) is 0 Å². The molecule has 2 unspecified atom stereocenters. The molecule has 1 aliphatic heterocycles. The Kier molecular flexibility index (Phi) is 5.98. The average Bonchev–Trinajstić information content (AvgIpc) is 2.55. The number of nitrogens with one attached hydrogen (secondary N) is 2. The Morgan fingerprint density at radius 3 is 2.83 bits per heavy atom. The summed E-state index contributed by atoms with van der Waals surface area (Å²) in [5, 5.41) is 6.12. The summed E-state index contributed by atoms with van der Waals surface area (Å²) in [6, 6.07) is 2.59. The number of pyridine rings is 1. The molecule has 2 N–H and O–H groups in total. The molecule has 24 heavy (non-hydrogen) atoms. The number of amides is 1. The van der Waals surface area contributed by atoms with Gasteiger partial charge in [-0.15, -0.1) is 0 Å². The molecule has 1 fully saturated rings. The number of nitrogens with zero attached hydrogens (tertiary/aromatic N) is 1. The van der Waals surface area contributed by atoms with Crippen LogP contribution in [0, 0.1) is 5.92 Å². The SMILES string of the molecule is CC1CNCCC1NC(=O)c1ccc(OCC(F)(F)C(F)F)nc1. The zero-order chi connectivity index (χ0) is 17.7. The van der Waals surface area contributed by atoms with Gasteiger partial charge in [0.05, 0.1) is 5.56 Å². The molecular weight excluding hydrogens is 330 g/mol. The summed E-state index contributed by atoms with van der Waals surface area (Å²) in [6.45, 7) is 2.18. The van der Waals surface area contributed by atoms with Gasteiger partial charge in [0, 0.05) is 18.3 Å². The molecule has 1 saturated heterocycles. The number of hydrogen-bond acceptors (Lipinski definition) is 4. The van der Waals surface area contributed by atoms with Crippen LogP contribution in [0.4, 0.5) is 17.6 Å². The molecule has 2 heterocycles. The lowest BCUT2D eigenvalue weighted by Crippen LogP contribution is -2.48. The van der Waals surface area contributed by atoms with Gasteiger partial charge in [-0.05, 0) is 31.5 Å². The van der Waals surface area contributed by atoms with E-state index in [1.807, 2.05) is 6.92 Å². The second-order valence-electron chi connectivity index (χ2n) is 5.79. The smallest absolute Gasteiger partial charge is 0.340 e. The third kappa shape index (κ3) is 4.80. The number of carbonyl (C=O) groups is 1. The van der Waals surface area contributed by atoms with Crippen LogP contribution in [0.5, 0.6) is 5.88 Å². The van der Waals surface area contributed by atoms with Gasteiger partial charge >= 0.3 is 12.3 Å². The number of halogens is 4. The quantitative estimate of drug-likeness (QED) is 0.772. The number of aromatic nitrogens is 1. The largest absolute Gasteiger partial charge is 0.471 e. The number of ether oxygens (including phenoxy) is 1. The van der Waals surface area contributed by atoms with Gasteiger partial charge in [-0.1, -0.05) is 6.92 Å². The van der Waals surface area contributed by atoms with Crippen LogP contribution >= 0.6 is 0 Å². The van der Waals surface area contributed by atoms with E-state index in [1.165, 1.54) is 12.1 Å². The van der Waals surface area contributed by atoms with E-state index in [9.17, 15) is 22.4 Å². The Hall–Kier alpha value is -1.90. The lowest BCUT2D eigenvalue weighted by molar-refractivity contribution is -0.148. The molecule has 1 aromatic rings. The van der Waals surface area contributed by atoms with E-state index >= 15 is 0 Å². The van der Waals surface area contributed by atoms with Gasteiger partial charge < -0.3 is 15.4 Å². The van der Waals surface area contributed by atoms with Gasteiger partial charge in [0.2, 0.25) is 5.88 Å². The first-order valence-corrected chi connectivity index (χ1v) is 7.56. The predicted octanol–water partition coefficient (Wildman–Crippen LogP) is 2.09. The van der Waals surface area contributed by atoms with Gasteiger partial charge in [0.1, 0.15) is 0 Å². The van der Waals surface area contributed by atoms with Gasteiger partial charge in [0.25, 0.3) is 5.91 Å². The molecule has 1 aliphatic rings. The monoisotopic (exact) mass is 349 g/mol. The standard InChI is InChI=1S/C15H19F4N3O2/c1-9-6-20-5-4-11(9)22-13(23)10-2-3-12(21-7-10)24-8-15(18,19)14(16)17/h2-3,7,9,11,14,20H,4-6,8H2,1H3,(H,22,23). The molecule has 0 aliphatic carbocycles. The summed E-state index contributed by atoms with van der Waals surface area (Å²) in [6.07, 6.45) is -1.84. The summed E-state index contributed by atoms with van der Waals surface area (Å²) in [4.78, 5) is 15.8. The van der Waals surface area contributed by atoms with E-state index in [0.29, 0.717) is 0 Å². The molecule has 0 radical (unpaired) electrons. The Balaban J connectivity index is 1.90. The molecule has 9 heteroatoms. The molecular formula is C15H19F4N3O2. The van der Waals surface area contributed by atoms with Gasteiger partial charge in [-0.2, -0.15) is 8.78 Å². The van der Waals surface area contributed by atoms with Crippen molar-refractivity contribution in [3.8, 4) is 5.88 Å². The average molecular weight is 349 g/mol. The highest BCUT2D eigenvalue weighted by molar-refractivity contribution is 5.94. The Labute approximate surface area is 136 Å². The molecule has 2 rings (SSSR count). The summed E-state index contributed by atoms with van der Waals surface area (Å²) in [5.74, 6) is -4.54. The van der Waals surface area contributed by atoms with Crippen molar-refractivity contribution in [2.75, 3.05) is 19.7 Å². The molecule has 2 atom stereocenters. The second-order valence-corrected chi connectivity index (χ2v) is 5.79. The molecule has 1 aromatic heterocycles. The summed E-state index contributed by atoms with van der Waals surface area (Å²) in [5.41, 5.74) is 0.244. The van der Waals surface area contributed by atoms with Crippen LogP contribution in [-0.4, -0.2) is 49.0 Å². The van der Waals surface area contributed by atoms with Crippen molar-refractivity contribution in [2.45, 2.75) is 31.7 Å². The van der Waals surface area contributed by atoms with Gasteiger partial charge in [0.15, 0.2) is 6.61 Å². The van der Waals surface area contributed by atoms with Crippen molar-refractivity contribution >= 4 is 5.91 Å². The van der Waals surface area contributed by atoms with Crippen LogP contribution < -0.4 is 15.4 Å². The maximum Gasteiger partial charge on any atom is 0.340 e. The maximum atomic E-state index is 12.8. The predicted molar refractivity (Wildman–Crippen MR) is 78.6 cm³/mol. The Morgan fingerprint density at radius 2 is 2.25 bits per heavy atom. The highest BCUT2D eigenvalue weighted by atomic mass is 19.3. The van der Waals surface area contributed by atoms with Crippen LogP contribution in [0.25, 0.3) is 0 Å². The topological polar surface area (TPSA) is 63.2 Å². The normalized spacial score (nSPS) is 21.6. The van der Waals surface area contributed by atoms with E-state index in [2.05, 4.69) is 20.4 Å². The zero-order valence-corrected chi connectivity index (χ0v) is 13.1. The first kappa shape index (κ1) is 18.4. The number of carbonyl (C=O) groups excluding carboxylic acids is 1. The van der Waals surface area contributed by atoms with Crippen molar-refractivity contribution in [3.63, 3.8) is 0 Å². The Bertz CT molecular complexity index is 554. The minimum atomic E-state index is -4.25. The van der Waals surface area contributed by atoms with Crippen LogP contribution in [0.1, 0.15) is 23.7 Å². The number of hydrogen-bond donors (Lipinski definition) is 2.